The Morgan fingerprint density at radius 1 is 1.20 bits per heavy atom. The maximum Gasteiger partial charge on any atom is 0.317 e. The zero-order valence-electron chi connectivity index (χ0n) is 13.8. The minimum absolute atomic E-state index is 0.131. The van der Waals surface area contributed by atoms with Gasteiger partial charge in [0, 0.05) is 44.1 Å². The Labute approximate surface area is 144 Å². The number of nitrogens with zero attached hydrogens (tertiary/aromatic N) is 4. The summed E-state index contributed by atoms with van der Waals surface area (Å²) in [5.41, 5.74) is 0.131. The predicted molar refractivity (Wildman–Crippen MR) is 89.1 cm³/mol. The Bertz CT molecular complexity index is 735. The molecule has 0 radical (unpaired) electrons. The van der Waals surface area contributed by atoms with Crippen molar-refractivity contribution in [1.82, 2.24) is 20.2 Å². The van der Waals surface area contributed by atoms with Crippen molar-refractivity contribution in [2.45, 2.75) is 13.0 Å². The van der Waals surface area contributed by atoms with Crippen LogP contribution >= 0.6 is 0 Å². The highest BCUT2D eigenvalue weighted by Gasteiger charge is 2.24. The van der Waals surface area contributed by atoms with Gasteiger partial charge < -0.3 is 15.1 Å². The molecule has 1 aromatic heterocycles. The second-order valence-electron chi connectivity index (χ2n) is 5.87. The van der Waals surface area contributed by atoms with Gasteiger partial charge in [0.15, 0.2) is 0 Å². The van der Waals surface area contributed by atoms with E-state index >= 15 is 0 Å². The molecule has 1 aliphatic rings. The number of carbonyl (C=O) groups excluding carboxylic acids is 1. The van der Waals surface area contributed by atoms with Crippen LogP contribution in [-0.2, 0) is 0 Å². The Morgan fingerprint density at radius 3 is 2.64 bits per heavy atom. The molecule has 2 aromatic rings. The number of piperazine rings is 1. The van der Waals surface area contributed by atoms with Gasteiger partial charge in [0.2, 0.25) is 0 Å². The van der Waals surface area contributed by atoms with Crippen LogP contribution in [0.4, 0.5) is 19.4 Å². The Kier molecular flexibility index (Phi) is 5.06. The minimum Gasteiger partial charge on any atom is -0.352 e. The number of hydrogen-bond acceptors (Lipinski definition) is 4. The molecule has 2 amide bonds. The van der Waals surface area contributed by atoms with Crippen LogP contribution in [0.1, 0.15) is 18.5 Å². The van der Waals surface area contributed by atoms with E-state index in [1.807, 2.05) is 4.90 Å². The molecule has 0 unspecified atom stereocenters. The van der Waals surface area contributed by atoms with Crippen LogP contribution in [0.3, 0.4) is 0 Å². The van der Waals surface area contributed by atoms with Gasteiger partial charge in [-0.1, -0.05) is 0 Å². The highest BCUT2D eigenvalue weighted by molar-refractivity contribution is 5.75. The van der Waals surface area contributed by atoms with Crippen LogP contribution in [0.15, 0.2) is 36.8 Å². The van der Waals surface area contributed by atoms with Crippen LogP contribution in [-0.4, -0.2) is 47.1 Å². The molecule has 0 saturated carbocycles. The number of hydrogen-bond donors (Lipinski definition) is 1. The third-order valence-electron chi connectivity index (χ3n) is 4.20. The fourth-order valence-corrected chi connectivity index (χ4v) is 2.79. The number of benzene rings is 1. The van der Waals surface area contributed by atoms with E-state index in [1.54, 1.807) is 30.4 Å². The van der Waals surface area contributed by atoms with Crippen LogP contribution in [0.2, 0.25) is 0 Å². The van der Waals surface area contributed by atoms with E-state index in [2.05, 4.69) is 15.3 Å². The van der Waals surface area contributed by atoms with E-state index in [-0.39, 0.29) is 11.6 Å². The van der Waals surface area contributed by atoms with Gasteiger partial charge >= 0.3 is 6.03 Å². The molecule has 2 heterocycles. The molecule has 1 N–H and O–H groups in total. The summed E-state index contributed by atoms with van der Waals surface area (Å²) in [6, 6.07) is 2.30. The second-order valence-corrected chi connectivity index (χ2v) is 5.87. The number of urea groups is 1. The van der Waals surface area contributed by atoms with Crippen molar-refractivity contribution in [3.05, 3.63) is 54.0 Å². The smallest absolute Gasteiger partial charge is 0.317 e. The normalized spacial score (nSPS) is 15.8. The topological polar surface area (TPSA) is 61.4 Å². The van der Waals surface area contributed by atoms with E-state index in [4.69, 9.17) is 0 Å². The first-order valence-electron chi connectivity index (χ1n) is 8.06. The van der Waals surface area contributed by atoms with E-state index in [0.29, 0.717) is 26.2 Å². The number of halogens is 2. The molecule has 6 nitrogen and oxygen atoms in total. The fourth-order valence-electron chi connectivity index (χ4n) is 2.79. The second kappa shape index (κ2) is 7.42. The lowest BCUT2D eigenvalue weighted by atomic mass is 10.1. The summed E-state index contributed by atoms with van der Waals surface area (Å²) in [4.78, 5) is 24.4. The first-order valence-corrected chi connectivity index (χ1v) is 8.06. The molecule has 132 valence electrons. The van der Waals surface area contributed by atoms with Crippen molar-refractivity contribution in [2.75, 3.05) is 31.1 Å². The van der Waals surface area contributed by atoms with E-state index in [1.165, 1.54) is 0 Å². The van der Waals surface area contributed by atoms with Gasteiger partial charge in [0.1, 0.15) is 17.5 Å². The molecular formula is C17H19F2N5O. The van der Waals surface area contributed by atoms with Gasteiger partial charge in [-0.15, -0.1) is 0 Å². The lowest BCUT2D eigenvalue weighted by Gasteiger charge is -2.35. The highest BCUT2D eigenvalue weighted by atomic mass is 19.1. The first kappa shape index (κ1) is 17.1. The van der Waals surface area contributed by atoms with Gasteiger partial charge in [-0.3, -0.25) is 4.98 Å². The van der Waals surface area contributed by atoms with Gasteiger partial charge in [-0.25, -0.2) is 18.6 Å². The van der Waals surface area contributed by atoms with Gasteiger partial charge in [-0.2, -0.15) is 0 Å². The summed E-state index contributed by atoms with van der Waals surface area (Å²) in [6.45, 7) is 3.93. The Hall–Kier alpha value is -2.77. The maximum absolute atomic E-state index is 13.8. The Balaban J connectivity index is 1.57. The minimum atomic E-state index is -0.624. The number of anilines is 1. The number of rotatable bonds is 3. The quantitative estimate of drug-likeness (QED) is 0.926. The highest BCUT2D eigenvalue weighted by Crippen LogP contribution is 2.19. The molecule has 1 aliphatic heterocycles. The lowest BCUT2D eigenvalue weighted by Crippen LogP contribution is -2.52. The summed E-state index contributed by atoms with van der Waals surface area (Å²) >= 11 is 0. The monoisotopic (exact) mass is 347 g/mol. The van der Waals surface area contributed by atoms with Crippen LogP contribution < -0.4 is 10.2 Å². The fraction of sp³-hybridized carbons (Fsp3) is 0.353. The standard InChI is InChI=1S/C17H19F2N5O/c1-12(14-10-13(18)2-3-15(14)19)22-17(25)24-8-6-23(7-9-24)16-11-20-4-5-21-16/h2-5,10-12H,6-9H2,1H3,(H,22,25)/t12-/m0/s1. The SMILES string of the molecule is C[C@H](NC(=O)N1CCN(c2cnccn2)CC1)c1cc(F)ccc1F. The van der Waals surface area contributed by atoms with Crippen LogP contribution in [0.5, 0.6) is 0 Å². The molecule has 0 aliphatic carbocycles. The van der Waals surface area contributed by atoms with Gasteiger partial charge in [0.25, 0.3) is 0 Å². The zero-order valence-corrected chi connectivity index (χ0v) is 13.8. The summed E-state index contributed by atoms with van der Waals surface area (Å²) in [7, 11) is 0. The van der Waals surface area contributed by atoms with Crippen molar-refractivity contribution >= 4 is 11.8 Å². The molecule has 0 spiro atoms. The maximum atomic E-state index is 13.8. The molecule has 1 atom stereocenters. The van der Waals surface area contributed by atoms with Crippen LogP contribution in [0.25, 0.3) is 0 Å². The van der Waals surface area contributed by atoms with Crippen molar-refractivity contribution in [2.24, 2.45) is 0 Å². The zero-order chi connectivity index (χ0) is 17.8. The molecule has 1 fully saturated rings. The van der Waals surface area contributed by atoms with E-state index in [9.17, 15) is 13.6 Å². The molecule has 3 rings (SSSR count). The van der Waals surface area contributed by atoms with Crippen molar-refractivity contribution in [3.63, 3.8) is 0 Å². The largest absolute Gasteiger partial charge is 0.352 e. The first-order chi connectivity index (χ1) is 12.0. The third-order valence-corrected chi connectivity index (χ3v) is 4.20. The van der Waals surface area contributed by atoms with Gasteiger partial charge in [-0.05, 0) is 25.1 Å². The Morgan fingerprint density at radius 2 is 1.96 bits per heavy atom. The lowest BCUT2D eigenvalue weighted by molar-refractivity contribution is 0.191. The van der Waals surface area contributed by atoms with Gasteiger partial charge in [0.05, 0.1) is 12.2 Å². The summed E-state index contributed by atoms with van der Waals surface area (Å²) in [5.74, 6) is -0.297. The summed E-state index contributed by atoms with van der Waals surface area (Å²) in [5, 5.41) is 2.72. The number of amides is 2. The molecule has 0 bridgehead atoms. The molecule has 1 aromatic carbocycles. The molecule has 8 heteroatoms. The average molecular weight is 347 g/mol. The van der Waals surface area contributed by atoms with Crippen molar-refractivity contribution in [3.8, 4) is 0 Å². The van der Waals surface area contributed by atoms with Crippen molar-refractivity contribution < 1.29 is 13.6 Å². The molecule has 25 heavy (non-hydrogen) atoms. The predicted octanol–water partition coefficient (Wildman–Crippen LogP) is 2.35. The number of nitrogens with one attached hydrogen (secondary N) is 1. The average Bonchev–Trinajstić information content (AvgIpc) is 2.64. The van der Waals surface area contributed by atoms with E-state index in [0.717, 1.165) is 24.0 Å². The molecular weight excluding hydrogens is 328 g/mol. The third kappa shape index (κ3) is 4.01. The van der Waals surface area contributed by atoms with E-state index < -0.39 is 17.7 Å². The summed E-state index contributed by atoms with van der Waals surface area (Å²) in [6.07, 6.45) is 4.92. The molecule has 1 saturated heterocycles. The van der Waals surface area contributed by atoms with Crippen molar-refractivity contribution in [1.29, 1.82) is 0 Å². The van der Waals surface area contributed by atoms with Crippen LogP contribution in [0, 0.1) is 11.6 Å². The number of carbonyl (C=O) groups is 1. The summed E-state index contributed by atoms with van der Waals surface area (Å²) < 4.78 is 27.1. The number of aromatic nitrogens is 2.